The molecule has 0 radical (unpaired) electrons. The van der Waals surface area contributed by atoms with Crippen LogP contribution in [0, 0.1) is 5.82 Å². The molecule has 140 valence electrons. The van der Waals surface area contributed by atoms with Gasteiger partial charge in [0.25, 0.3) is 0 Å². The molecule has 1 unspecified atom stereocenters. The van der Waals surface area contributed by atoms with Crippen molar-refractivity contribution in [3.8, 4) is 11.4 Å². The maximum atomic E-state index is 14.0. The zero-order valence-electron chi connectivity index (χ0n) is 14.9. The van der Waals surface area contributed by atoms with Gasteiger partial charge in [-0.3, -0.25) is 9.36 Å². The van der Waals surface area contributed by atoms with Crippen LogP contribution in [0.4, 0.5) is 4.39 Å². The predicted octanol–water partition coefficient (Wildman–Crippen LogP) is 3.21. The molecule has 1 aromatic heterocycles. The highest BCUT2D eigenvalue weighted by atomic mass is 32.2. The number of para-hydroxylation sites is 1. The minimum atomic E-state index is -0.419. The maximum Gasteiger partial charge on any atom is 0.233 e. The van der Waals surface area contributed by atoms with Gasteiger partial charge < -0.3 is 10.1 Å². The van der Waals surface area contributed by atoms with Gasteiger partial charge in [0.15, 0.2) is 5.16 Å². The summed E-state index contributed by atoms with van der Waals surface area (Å²) in [5.74, 6) is 0.246. The Labute approximate surface area is 160 Å². The third-order valence-corrected chi connectivity index (χ3v) is 4.96. The lowest BCUT2D eigenvalue weighted by atomic mass is 10.2. The number of aromatic nitrogens is 3. The van der Waals surface area contributed by atoms with Gasteiger partial charge in [-0.1, -0.05) is 36.0 Å². The monoisotopic (exact) mass is 386 g/mol. The highest BCUT2D eigenvalue weighted by molar-refractivity contribution is 8.00. The minimum absolute atomic E-state index is 0.140. The third kappa shape index (κ3) is 4.65. The summed E-state index contributed by atoms with van der Waals surface area (Å²) in [6, 6.07) is 13.8. The average Bonchev–Trinajstić information content (AvgIpc) is 3.14. The molecule has 1 atom stereocenters. The number of rotatable bonds is 7. The van der Waals surface area contributed by atoms with E-state index in [0.29, 0.717) is 17.4 Å². The SMILES string of the molecule is COc1ccc(CNC(=O)C(C)Sc2nncn2-c2ccccc2F)cc1. The average molecular weight is 386 g/mol. The molecule has 0 bridgehead atoms. The Morgan fingerprint density at radius 1 is 1.26 bits per heavy atom. The molecule has 0 aliphatic rings. The highest BCUT2D eigenvalue weighted by Gasteiger charge is 2.19. The van der Waals surface area contributed by atoms with Crippen LogP contribution in [0.3, 0.4) is 0 Å². The summed E-state index contributed by atoms with van der Waals surface area (Å²) in [5.41, 5.74) is 1.31. The number of amides is 1. The van der Waals surface area contributed by atoms with E-state index in [1.54, 1.807) is 32.2 Å². The molecule has 3 aromatic rings. The van der Waals surface area contributed by atoms with Crippen LogP contribution in [0.15, 0.2) is 60.0 Å². The molecule has 0 fully saturated rings. The van der Waals surface area contributed by atoms with Crippen LogP contribution in [-0.4, -0.2) is 33.0 Å². The van der Waals surface area contributed by atoms with E-state index in [1.807, 2.05) is 24.3 Å². The Morgan fingerprint density at radius 3 is 2.70 bits per heavy atom. The van der Waals surface area contributed by atoms with Crippen LogP contribution in [-0.2, 0) is 11.3 Å². The molecule has 1 N–H and O–H groups in total. The number of nitrogens with one attached hydrogen (secondary N) is 1. The first-order valence-corrected chi connectivity index (χ1v) is 9.18. The fourth-order valence-electron chi connectivity index (χ4n) is 2.41. The molecule has 2 aromatic carbocycles. The fourth-order valence-corrected chi connectivity index (χ4v) is 3.26. The van der Waals surface area contributed by atoms with Crippen molar-refractivity contribution < 1.29 is 13.9 Å². The summed E-state index contributed by atoms with van der Waals surface area (Å²) >= 11 is 1.22. The number of carbonyl (C=O) groups excluding carboxylic acids is 1. The molecule has 1 amide bonds. The van der Waals surface area contributed by atoms with Crippen molar-refractivity contribution >= 4 is 17.7 Å². The topological polar surface area (TPSA) is 69.0 Å². The summed E-state index contributed by atoms with van der Waals surface area (Å²) in [6.07, 6.45) is 1.43. The smallest absolute Gasteiger partial charge is 0.233 e. The number of halogens is 1. The van der Waals surface area contributed by atoms with Crippen molar-refractivity contribution in [2.45, 2.75) is 23.9 Å². The molecule has 8 heteroatoms. The van der Waals surface area contributed by atoms with E-state index >= 15 is 0 Å². The van der Waals surface area contributed by atoms with E-state index in [0.717, 1.165) is 11.3 Å². The van der Waals surface area contributed by atoms with Crippen LogP contribution in [0.1, 0.15) is 12.5 Å². The summed E-state index contributed by atoms with van der Waals surface area (Å²) in [5, 5.41) is 10.8. The number of thioether (sulfide) groups is 1. The van der Waals surface area contributed by atoms with E-state index in [1.165, 1.54) is 28.7 Å². The van der Waals surface area contributed by atoms with Crippen LogP contribution >= 0.6 is 11.8 Å². The van der Waals surface area contributed by atoms with Gasteiger partial charge in [0, 0.05) is 6.54 Å². The van der Waals surface area contributed by atoms with Gasteiger partial charge in [-0.05, 0) is 36.8 Å². The van der Waals surface area contributed by atoms with Gasteiger partial charge in [0.1, 0.15) is 17.9 Å². The Bertz CT molecular complexity index is 914. The Kier molecular flexibility index (Phi) is 6.08. The van der Waals surface area contributed by atoms with Crippen LogP contribution in [0.5, 0.6) is 5.75 Å². The number of benzene rings is 2. The molecule has 0 spiro atoms. The molecule has 0 saturated carbocycles. The predicted molar refractivity (Wildman–Crippen MR) is 101 cm³/mol. The van der Waals surface area contributed by atoms with E-state index in [2.05, 4.69) is 15.5 Å². The Balaban J connectivity index is 1.62. The second-order valence-electron chi connectivity index (χ2n) is 5.76. The van der Waals surface area contributed by atoms with Crippen molar-refractivity contribution in [1.29, 1.82) is 0 Å². The van der Waals surface area contributed by atoms with Crippen molar-refractivity contribution in [3.63, 3.8) is 0 Å². The van der Waals surface area contributed by atoms with Crippen molar-refractivity contribution in [1.82, 2.24) is 20.1 Å². The molecule has 0 saturated heterocycles. The van der Waals surface area contributed by atoms with Gasteiger partial charge in [0.2, 0.25) is 5.91 Å². The molecule has 3 rings (SSSR count). The molecule has 0 aliphatic heterocycles. The van der Waals surface area contributed by atoms with Gasteiger partial charge in [-0.25, -0.2) is 4.39 Å². The van der Waals surface area contributed by atoms with E-state index in [4.69, 9.17) is 4.74 Å². The number of nitrogens with zero attached hydrogens (tertiary/aromatic N) is 3. The normalized spacial score (nSPS) is 11.8. The molecular weight excluding hydrogens is 367 g/mol. The van der Waals surface area contributed by atoms with Gasteiger partial charge in [0.05, 0.1) is 18.0 Å². The van der Waals surface area contributed by atoms with Gasteiger partial charge >= 0.3 is 0 Å². The molecule has 0 aliphatic carbocycles. The Morgan fingerprint density at radius 2 is 2.00 bits per heavy atom. The lowest BCUT2D eigenvalue weighted by molar-refractivity contribution is -0.120. The van der Waals surface area contributed by atoms with E-state index < -0.39 is 5.25 Å². The second kappa shape index (κ2) is 8.68. The molecular formula is C19H19FN4O2S. The van der Waals surface area contributed by atoms with Crippen molar-refractivity contribution in [2.75, 3.05) is 7.11 Å². The zero-order valence-corrected chi connectivity index (χ0v) is 15.7. The highest BCUT2D eigenvalue weighted by Crippen LogP contribution is 2.25. The number of carbonyl (C=O) groups is 1. The lowest BCUT2D eigenvalue weighted by Crippen LogP contribution is -2.30. The van der Waals surface area contributed by atoms with Crippen LogP contribution in [0.2, 0.25) is 0 Å². The van der Waals surface area contributed by atoms with Gasteiger partial charge in [-0.2, -0.15) is 0 Å². The van der Waals surface area contributed by atoms with Gasteiger partial charge in [-0.15, -0.1) is 10.2 Å². The maximum absolute atomic E-state index is 14.0. The molecule has 6 nitrogen and oxygen atoms in total. The number of hydrogen-bond acceptors (Lipinski definition) is 5. The fraction of sp³-hybridized carbons (Fsp3) is 0.211. The summed E-state index contributed by atoms with van der Waals surface area (Å²) < 4.78 is 20.7. The summed E-state index contributed by atoms with van der Waals surface area (Å²) in [6.45, 7) is 2.18. The number of methoxy groups -OCH3 is 1. The van der Waals surface area contributed by atoms with Crippen LogP contribution < -0.4 is 10.1 Å². The standard InChI is InChI=1S/C19H19FN4O2S/c1-13(18(25)21-11-14-7-9-15(26-2)10-8-14)27-19-23-22-12-24(19)17-6-4-3-5-16(17)20/h3-10,12-13H,11H2,1-2H3,(H,21,25). The molecule has 1 heterocycles. The van der Waals surface area contributed by atoms with Crippen molar-refractivity contribution in [2.24, 2.45) is 0 Å². The summed E-state index contributed by atoms with van der Waals surface area (Å²) in [7, 11) is 1.61. The van der Waals surface area contributed by atoms with E-state index in [9.17, 15) is 9.18 Å². The number of ether oxygens (including phenoxy) is 1. The summed E-state index contributed by atoms with van der Waals surface area (Å²) in [4.78, 5) is 12.4. The number of hydrogen-bond donors (Lipinski definition) is 1. The van der Waals surface area contributed by atoms with E-state index in [-0.39, 0.29) is 11.7 Å². The first-order valence-electron chi connectivity index (χ1n) is 8.30. The quantitative estimate of drug-likeness (QED) is 0.632. The zero-order chi connectivity index (χ0) is 19.2. The second-order valence-corrected chi connectivity index (χ2v) is 7.07. The first-order chi connectivity index (χ1) is 13.1. The van der Waals surface area contributed by atoms with Crippen molar-refractivity contribution in [3.05, 3.63) is 66.2 Å². The van der Waals surface area contributed by atoms with Crippen LogP contribution in [0.25, 0.3) is 5.69 Å². The first kappa shape index (κ1) is 18.9. The third-order valence-electron chi connectivity index (χ3n) is 3.91. The minimum Gasteiger partial charge on any atom is -0.497 e. The Hall–Kier alpha value is -2.87. The largest absolute Gasteiger partial charge is 0.497 e. The lowest BCUT2D eigenvalue weighted by Gasteiger charge is -2.13. The molecule has 27 heavy (non-hydrogen) atoms.